The molecule has 0 aliphatic carbocycles. The third-order valence-electron chi connectivity index (χ3n) is 3.47. The van der Waals surface area contributed by atoms with Gasteiger partial charge in [-0.05, 0) is 30.3 Å². The first-order valence-corrected chi connectivity index (χ1v) is 7.28. The van der Waals surface area contributed by atoms with E-state index in [0.29, 0.717) is 23.6 Å². The minimum absolute atomic E-state index is 0. The van der Waals surface area contributed by atoms with Crippen LogP contribution in [0.3, 0.4) is 0 Å². The molecule has 1 aliphatic heterocycles. The van der Waals surface area contributed by atoms with Gasteiger partial charge in [-0.15, -0.1) is 12.4 Å². The molecule has 0 spiro atoms. The number of benzene rings is 2. The monoisotopic (exact) mass is 334 g/mol. The lowest BCUT2D eigenvalue weighted by atomic mass is 10.1. The van der Waals surface area contributed by atoms with Crippen LogP contribution >= 0.6 is 12.4 Å². The van der Waals surface area contributed by atoms with Crippen LogP contribution in [0.5, 0.6) is 11.5 Å². The second-order valence-corrected chi connectivity index (χ2v) is 4.93. The molecule has 23 heavy (non-hydrogen) atoms. The van der Waals surface area contributed by atoms with Crippen molar-refractivity contribution >= 4 is 24.0 Å². The van der Waals surface area contributed by atoms with Crippen molar-refractivity contribution in [2.75, 3.05) is 18.7 Å². The topological polar surface area (TPSA) is 59.6 Å². The fourth-order valence-corrected chi connectivity index (χ4v) is 2.35. The Labute approximate surface area is 141 Å². The summed E-state index contributed by atoms with van der Waals surface area (Å²) in [7, 11) is 0. The minimum Gasteiger partial charge on any atom is -0.454 e. The molecule has 0 saturated carbocycles. The van der Waals surface area contributed by atoms with E-state index in [0.717, 1.165) is 17.8 Å². The van der Waals surface area contributed by atoms with Gasteiger partial charge in [-0.1, -0.05) is 31.2 Å². The Hall–Kier alpha value is -2.24. The van der Waals surface area contributed by atoms with Gasteiger partial charge in [-0.25, -0.2) is 0 Å². The number of ether oxygens (including phenoxy) is 2. The lowest BCUT2D eigenvalue weighted by molar-refractivity contribution is 0.102. The zero-order valence-electron chi connectivity index (χ0n) is 12.8. The maximum absolute atomic E-state index is 12.5. The van der Waals surface area contributed by atoms with Crippen LogP contribution in [0.15, 0.2) is 42.5 Å². The number of nitrogens with one attached hydrogen (secondary N) is 2. The Morgan fingerprint density at radius 2 is 1.96 bits per heavy atom. The quantitative estimate of drug-likeness (QED) is 0.881. The molecule has 0 fully saturated rings. The van der Waals surface area contributed by atoms with Crippen molar-refractivity contribution in [2.45, 2.75) is 13.5 Å². The molecule has 1 heterocycles. The van der Waals surface area contributed by atoms with Gasteiger partial charge >= 0.3 is 0 Å². The SMILES string of the molecule is CCNCc1ccccc1NC(=O)c1cccc2c1OCO2.Cl. The van der Waals surface area contributed by atoms with Gasteiger partial charge in [0.1, 0.15) is 0 Å². The van der Waals surface area contributed by atoms with Gasteiger partial charge in [0, 0.05) is 12.2 Å². The number of para-hydroxylation sites is 2. The molecule has 0 radical (unpaired) electrons. The third kappa shape index (κ3) is 3.75. The molecular weight excluding hydrogens is 316 g/mol. The molecular formula is C17H19ClN2O3. The van der Waals surface area contributed by atoms with Gasteiger partial charge in [0.05, 0.1) is 5.56 Å². The van der Waals surface area contributed by atoms with Crippen molar-refractivity contribution in [1.29, 1.82) is 0 Å². The van der Waals surface area contributed by atoms with Gasteiger partial charge in [0.25, 0.3) is 5.91 Å². The van der Waals surface area contributed by atoms with E-state index in [4.69, 9.17) is 9.47 Å². The van der Waals surface area contributed by atoms with Crippen molar-refractivity contribution < 1.29 is 14.3 Å². The Morgan fingerprint density at radius 3 is 2.78 bits per heavy atom. The van der Waals surface area contributed by atoms with Crippen LogP contribution in [0.1, 0.15) is 22.8 Å². The summed E-state index contributed by atoms with van der Waals surface area (Å²) in [6.45, 7) is 3.78. The fourth-order valence-electron chi connectivity index (χ4n) is 2.35. The molecule has 0 unspecified atom stereocenters. The standard InChI is InChI=1S/C17H18N2O3.ClH/c1-2-18-10-12-6-3-4-8-14(12)19-17(20)13-7-5-9-15-16(13)22-11-21-15;/h3-9,18H,2,10-11H2,1H3,(H,19,20);1H. The summed E-state index contributed by atoms with van der Waals surface area (Å²) in [6.07, 6.45) is 0. The fraction of sp³-hybridized carbons (Fsp3) is 0.235. The molecule has 1 aliphatic rings. The predicted octanol–water partition coefficient (Wildman–Crippen LogP) is 3.20. The number of anilines is 1. The zero-order valence-corrected chi connectivity index (χ0v) is 13.6. The second kappa shape index (κ2) is 7.85. The average Bonchev–Trinajstić information content (AvgIpc) is 3.02. The first-order chi connectivity index (χ1) is 10.8. The average molecular weight is 335 g/mol. The number of fused-ring (bicyclic) bond motifs is 1. The summed E-state index contributed by atoms with van der Waals surface area (Å²) < 4.78 is 10.7. The smallest absolute Gasteiger partial charge is 0.259 e. The summed E-state index contributed by atoms with van der Waals surface area (Å²) in [5.74, 6) is 0.907. The highest BCUT2D eigenvalue weighted by Crippen LogP contribution is 2.35. The van der Waals surface area contributed by atoms with Crippen molar-refractivity contribution in [3.8, 4) is 11.5 Å². The number of rotatable bonds is 5. The normalized spacial score (nSPS) is 11.7. The van der Waals surface area contributed by atoms with Crippen LogP contribution in [-0.4, -0.2) is 19.2 Å². The first-order valence-electron chi connectivity index (χ1n) is 7.28. The molecule has 122 valence electrons. The highest BCUT2D eigenvalue weighted by Gasteiger charge is 2.22. The maximum atomic E-state index is 12.5. The molecule has 3 rings (SSSR count). The maximum Gasteiger partial charge on any atom is 0.259 e. The van der Waals surface area contributed by atoms with E-state index in [9.17, 15) is 4.79 Å². The van der Waals surface area contributed by atoms with E-state index in [-0.39, 0.29) is 25.1 Å². The Bertz CT molecular complexity index is 691. The van der Waals surface area contributed by atoms with E-state index >= 15 is 0 Å². The van der Waals surface area contributed by atoms with Crippen LogP contribution in [0.2, 0.25) is 0 Å². The van der Waals surface area contributed by atoms with E-state index in [1.54, 1.807) is 18.2 Å². The number of halogens is 1. The van der Waals surface area contributed by atoms with Crippen LogP contribution in [0.25, 0.3) is 0 Å². The van der Waals surface area contributed by atoms with Gasteiger partial charge in [0.15, 0.2) is 11.5 Å². The van der Waals surface area contributed by atoms with Gasteiger partial charge in [-0.3, -0.25) is 4.79 Å². The first kappa shape index (κ1) is 17.1. The molecule has 2 aromatic rings. The largest absolute Gasteiger partial charge is 0.454 e. The Balaban J connectivity index is 0.00000192. The minimum atomic E-state index is -0.203. The van der Waals surface area contributed by atoms with Crippen molar-refractivity contribution in [1.82, 2.24) is 5.32 Å². The van der Waals surface area contributed by atoms with E-state index in [1.807, 2.05) is 31.2 Å². The molecule has 0 aromatic heterocycles. The summed E-state index contributed by atoms with van der Waals surface area (Å²) in [6, 6.07) is 13.1. The lowest BCUT2D eigenvalue weighted by Gasteiger charge is -2.12. The molecule has 6 heteroatoms. The second-order valence-electron chi connectivity index (χ2n) is 4.93. The predicted molar refractivity (Wildman–Crippen MR) is 91.6 cm³/mol. The van der Waals surface area contributed by atoms with Crippen LogP contribution < -0.4 is 20.1 Å². The summed E-state index contributed by atoms with van der Waals surface area (Å²) in [5, 5.41) is 6.21. The summed E-state index contributed by atoms with van der Waals surface area (Å²) >= 11 is 0. The molecule has 5 nitrogen and oxygen atoms in total. The number of carbonyl (C=O) groups excluding carboxylic acids is 1. The van der Waals surface area contributed by atoms with Crippen LogP contribution in [-0.2, 0) is 6.54 Å². The van der Waals surface area contributed by atoms with Crippen molar-refractivity contribution in [2.24, 2.45) is 0 Å². The number of hydrogen-bond donors (Lipinski definition) is 2. The van der Waals surface area contributed by atoms with Gasteiger partial charge in [-0.2, -0.15) is 0 Å². The van der Waals surface area contributed by atoms with Gasteiger partial charge in [0.2, 0.25) is 6.79 Å². The Kier molecular flexibility index (Phi) is 5.84. The molecule has 0 bridgehead atoms. The zero-order chi connectivity index (χ0) is 15.4. The van der Waals surface area contributed by atoms with E-state index in [2.05, 4.69) is 10.6 Å². The van der Waals surface area contributed by atoms with Gasteiger partial charge < -0.3 is 20.1 Å². The molecule has 0 atom stereocenters. The van der Waals surface area contributed by atoms with E-state index in [1.165, 1.54) is 0 Å². The van der Waals surface area contributed by atoms with Crippen molar-refractivity contribution in [3.05, 3.63) is 53.6 Å². The highest BCUT2D eigenvalue weighted by atomic mass is 35.5. The number of amides is 1. The third-order valence-corrected chi connectivity index (χ3v) is 3.47. The summed E-state index contributed by atoms with van der Waals surface area (Å²) in [5.41, 5.74) is 2.32. The number of carbonyl (C=O) groups is 1. The van der Waals surface area contributed by atoms with Crippen molar-refractivity contribution in [3.63, 3.8) is 0 Å². The highest BCUT2D eigenvalue weighted by molar-refractivity contribution is 6.07. The summed E-state index contributed by atoms with van der Waals surface area (Å²) in [4.78, 5) is 12.5. The van der Waals surface area contributed by atoms with Crippen LogP contribution in [0.4, 0.5) is 5.69 Å². The lowest BCUT2D eigenvalue weighted by Crippen LogP contribution is -2.17. The number of hydrogen-bond acceptors (Lipinski definition) is 4. The van der Waals surface area contributed by atoms with E-state index < -0.39 is 0 Å². The molecule has 0 saturated heterocycles. The molecule has 2 N–H and O–H groups in total. The molecule has 1 amide bonds. The molecule has 2 aromatic carbocycles. The Morgan fingerprint density at radius 1 is 1.13 bits per heavy atom. The van der Waals surface area contributed by atoms with Crippen LogP contribution in [0, 0.1) is 0 Å².